The summed E-state index contributed by atoms with van der Waals surface area (Å²) in [6.45, 7) is 14.6. The molecular weight excluding hydrogens is 1210 g/mol. The minimum Gasteiger partial charge on any atom is -0.461 e. The monoisotopic (exact) mass is 1290 g/mol. The maximum atomic E-state index is 13.7. The zero-order valence-corrected chi connectivity index (χ0v) is 54.8. The first kappa shape index (κ1) is 67.0. The maximum absolute atomic E-state index is 13.7. The Balaban J connectivity index is 0.000000225. The van der Waals surface area contributed by atoms with Crippen LogP contribution in [0.25, 0.3) is 33.9 Å². The summed E-state index contributed by atoms with van der Waals surface area (Å²) in [6.07, 6.45) is 14.2. The quantitative estimate of drug-likeness (QED) is 0.0486. The van der Waals surface area contributed by atoms with E-state index in [0.29, 0.717) is 30.4 Å². The van der Waals surface area contributed by atoms with E-state index in [9.17, 15) is 28.8 Å². The van der Waals surface area contributed by atoms with Crippen molar-refractivity contribution in [3.8, 4) is 33.9 Å². The molecule has 3 fully saturated rings. The number of ether oxygens (including phenoxy) is 4. The molecule has 1 aliphatic carbocycles. The topological polar surface area (TPSA) is 197 Å². The van der Waals surface area contributed by atoms with E-state index in [2.05, 4.69) is 67.1 Å². The van der Waals surface area contributed by atoms with Crippen LogP contribution in [0.15, 0.2) is 163 Å². The number of likely N-dealkylation sites (tertiary alicyclic amines) is 2. The van der Waals surface area contributed by atoms with Gasteiger partial charge < -0.3 is 28.7 Å². The second kappa shape index (κ2) is 31.1. The van der Waals surface area contributed by atoms with Crippen molar-refractivity contribution in [1.82, 2.24) is 29.7 Å². The number of rotatable bonds is 21. The third-order valence-electron chi connectivity index (χ3n) is 16.7. The molecule has 7 aromatic rings. The lowest BCUT2D eigenvalue weighted by molar-refractivity contribution is -0.170. The third kappa shape index (κ3) is 19.8. The molecule has 17 heteroatoms. The van der Waals surface area contributed by atoms with Crippen molar-refractivity contribution in [3.63, 3.8) is 0 Å². The molecular formula is C74H83BrN6O10. The summed E-state index contributed by atoms with van der Waals surface area (Å²) in [5, 5.41) is 0. The first-order valence-electron chi connectivity index (χ1n) is 31.6. The molecule has 2 aliphatic heterocycles. The van der Waals surface area contributed by atoms with Crippen molar-refractivity contribution in [2.24, 2.45) is 29.6 Å². The molecule has 2 atom stereocenters. The van der Waals surface area contributed by atoms with Crippen molar-refractivity contribution in [3.05, 3.63) is 191 Å². The Kier molecular flexibility index (Phi) is 22.9. The summed E-state index contributed by atoms with van der Waals surface area (Å²) in [7, 11) is 0. The lowest BCUT2D eigenvalue weighted by atomic mass is 9.78. The van der Waals surface area contributed by atoms with Crippen LogP contribution in [0.5, 0.6) is 0 Å². The number of benzene rings is 5. The summed E-state index contributed by atoms with van der Waals surface area (Å²) in [4.78, 5) is 99.1. The summed E-state index contributed by atoms with van der Waals surface area (Å²) in [5.74, 6) is -1.07. The Morgan fingerprint density at radius 1 is 0.484 bits per heavy atom. The second-order valence-corrected chi connectivity index (χ2v) is 27.0. The van der Waals surface area contributed by atoms with Crippen molar-refractivity contribution in [1.29, 1.82) is 0 Å². The molecule has 0 unspecified atom stereocenters. The predicted molar refractivity (Wildman–Crippen MR) is 351 cm³/mol. The minimum atomic E-state index is -0.637. The molecule has 2 amide bonds. The average Bonchev–Trinajstić information content (AvgIpc) is 1.60. The van der Waals surface area contributed by atoms with E-state index in [1.165, 1.54) is 37.7 Å². The van der Waals surface area contributed by atoms with Gasteiger partial charge in [0.05, 0.1) is 41.0 Å². The number of hydrogen-bond donors (Lipinski definition) is 0. The highest BCUT2D eigenvalue weighted by Crippen LogP contribution is 2.38. The van der Waals surface area contributed by atoms with Crippen LogP contribution in [0, 0.1) is 29.6 Å². The van der Waals surface area contributed by atoms with Crippen molar-refractivity contribution >= 4 is 51.6 Å². The molecule has 0 bridgehead atoms. The fraction of sp³-hybridized carbons (Fsp3) is 0.405. The average molecular weight is 1300 g/mol. The van der Waals surface area contributed by atoms with Crippen LogP contribution < -0.4 is 0 Å². The Morgan fingerprint density at radius 2 is 0.868 bits per heavy atom. The molecule has 0 radical (unpaired) electrons. The summed E-state index contributed by atoms with van der Waals surface area (Å²) in [5.41, 5.74) is 7.60. The van der Waals surface area contributed by atoms with Crippen LogP contribution in [0.1, 0.15) is 127 Å². The lowest BCUT2D eigenvalue weighted by Crippen LogP contribution is -2.56. The molecule has 2 saturated heterocycles. The molecule has 91 heavy (non-hydrogen) atoms. The van der Waals surface area contributed by atoms with Gasteiger partial charge in [-0.1, -0.05) is 147 Å². The number of hydrogen-bond acceptors (Lipinski definition) is 14. The molecule has 4 heterocycles. The predicted octanol–water partition coefficient (Wildman–Crippen LogP) is 13.6. The van der Waals surface area contributed by atoms with Gasteiger partial charge in [0.1, 0.15) is 24.4 Å². The van der Waals surface area contributed by atoms with Crippen LogP contribution in [-0.4, -0.2) is 103 Å². The van der Waals surface area contributed by atoms with E-state index < -0.39 is 35.0 Å². The van der Waals surface area contributed by atoms with Crippen molar-refractivity contribution in [2.75, 3.05) is 26.2 Å². The van der Waals surface area contributed by atoms with E-state index in [1.54, 1.807) is 22.2 Å². The SMILES string of the molecule is CC(C)(C)OC(=O)C1CN(C(=O)[C@@H](CC(=O)OCc2ccccc2)Cc2ccc(-c3ncc(Br)cn3)cc2)C1.CCC1CCC(c2ccc(-c3cnc(-c4ccc(C[C@H](CC(=O)OCc5ccccc5)C(=O)N5CC(C(=O)OC(C)(C)C)C5)cc4)nc3)cc2)CC1. The zero-order chi connectivity index (χ0) is 64.7. The number of carbonyl (C=O) groups excluding carboxylic acids is 6. The number of nitrogens with zero attached hydrogens (tertiary/aromatic N) is 6. The number of esters is 4. The summed E-state index contributed by atoms with van der Waals surface area (Å²) < 4.78 is 22.8. The molecule has 2 aromatic heterocycles. The van der Waals surface area contributed by atoms with Crippen LogP contribution in [-0.2, 0) is 73.8 Å². The third-order valence-corrected chi connectivity index (χ3v) is 17.1. The van der Waals surface area contributed by atoms with Gasteiger partial charge in [0.2, 0.25) is 11.8 Å². The van der Waals surface area contributed by atoms with Gasteiger partial charge in [0.25, 0.3) is 0 Å². The number of carbonyl (C=O) groups is 6. The molecule has 0 N–H and O–H groups in total. The Labute approximate surface area is 543 Å². The van der Waals surface area contributed by atoms with Gasteiger partial charge in [0.15, 0.2) is 11.6 Å². The second-order valence-electron chi connectivity index (χ2n) is 26.1. The van der Waals surface area contributed by atoms with Crippen molar-refractivity contribution < 1.29 is 47.7 Å². The molecule has 3 aliphatic rings. The first-order valence-corrected chi connectivity index (χ1v) is 32.4. The standard InChI is InChI=1S/C44H51N3O5.C30H32BrN3O5/c1-5-30-11-15-33(16-12-30)34-19-21-35(22-20-34)38-25-45-41(46-26-38)36-17-13-31(14-18-36)23-37(24-40(48)51-29-32-9-7-6-8-10-32)42(49)47-27-39(28-47)43(50)52-44(2,3)4;1-30(2,3)39-29(37)24-17-34(18-24)28(36)23(14-26(35)38-19-21-7-5-4-6-8-21)13-20-9-11-22(12-10-20)27-32-15-25(31)16-33-27/h6-10,13-14,17-22,25-26,30,33,37,39H,5,11-12,15-16,23-24,27-29H2,1-4H3;4-12,15-16,23-24H,13-14,17-19H2,1-3H3/t30?,33?,37-;23-/m11/s1. The molecule has 16 nitrogen and oxygen atoms in total. The van der Waals surface area contributed by atoms with E-state index in [0.717, 1.165) is 54.9 Å². The van der Waals surface area contributed by atoms with Gasteiger partial charge >= 0.3 is 23.9 Å². The highest BCUT2D eigenvalue weighted by Gasteiger charge is 2.42. The number of amides is 2. The van der Waals surface area contributed by atoms with Crippen LogP contribution in [0.2, 0.25) is 0 Å². The number of aromatic nitrogens is 4. The highest BCUT2D eigenvalue weighted by atomic mass is 79.9. The molecule has 476 valence electrons. The van der Waals surface area contributed by atoms with Gasteiger partial charge in [-0.05, 0) is 141 Å². The van der Waals surface area contributed by atoms with Gasteiger partial charge in [-0.15, -0.1) is 0 Å². The minimum absolute atomic E-state index is 0.0587. The van der Waals surface area contributed by atoms with Crippen LogP contribution in [0.3, 0.4) is 0 Å². The van der Waals surface area contributed by atoms with Gasteiger partial charge in [-0.25, -0.2) is 19.9 Å². The Hall–Kier alpha value is -8.44. The van der Waals surface area contributed by atoms with E-state index in [-0.39, 0.29) is 87.8 Å². The summed E-state index contributed by atoms with van der Waals surface area (Å²) >= 11 is 3.34. The highest BCUT2D eigenvalue weighted by molar-refractivity contribution is 9.10. The first-order chi connectivity index (χ1) is 43.6. The van der Waals surface area contributed by atoms with Gasteiger partial charge in [-0.2, -0.15) is 0 Å². The molecule has 0 spiro atoms. The van der Waals surface area contributed by atoms with Crippen molar-refractivity contribution in [2.45, 2.75) is 137 Å². The maximum Gasteiger partial charge on any atom is 0.313 e. The summed E-state index contributed by atoms with van der Waals surface area (Å²) in [6, 6.07) is 43.2. The Bertz CT molecular complexity index is 3540. The fourth-order valence-corrected chi connectivity index (χ4v) is 11.7. The van der Waals surface area contributed by atoms with Crippen LogP contribution >= 0.6 is 15.9 Å². The zero-order valence-electron chi connectivity index (χ0n) is 53.2. The normalized spacial score (nSPS) is 16.6. The Morgan fingerprint density at radius 3 is 1.25 bits per heavy atom. The van der Waals surface area contributed by atoms with E-state index in [4.69, 9.17) is 18.9 Å². The fourth-order valence-electron chi connectivity index (χ4n) is 11.5. The van der Waals surface area contributed by atoms with E-state index >= 15 is 0 Å². The van der Waals surface area contributed by atoms with Gasteiger partial charge in [-0.3, -0.25) is 28.8 Å². The molecule has 5 aromatic carbocycles. The van der Waals surface area contributed by atoms with Gasteiger partial charge in [0, 0.05) is 67.7 Å². The smallest absolute Gasteiger partial charge is 0.313 e. The largest absolute Gasteiger partial charge is 0.461 e. The van der Waals surface area contributed by atoms with Crippen LogP contribution in [0.4, 0.5) is 0 Å². The number of halogens is 1. The molecule has 1 saturated carbocycles. The van der Waals surface area contributed by atoms with E-state index in [1.807, 2.05) is 163 Å². The molecule has 10 rings (SSSR count). The lowest BCUT2D eigenvalue weighted by Gasteiger charge is -2.40.